The van der Waals surface area contributed by atoms with E-state index in [0.717, 1.165) is 11.5 Å². The van der Waals surface area contributed by atoms with Crippen LogP contribution < -0.4 is 5.73 Å². The van der Waals surface area contributed by atoms with E-state index >= 15 is 0 Å². The van der Waals surface area contributed by atoms with Gasteiger partial charge in [-0.2, -0.15) is 0 Å². The van der Waals surface area contributed by atoms with E-state index < -0.39 is 5.41 Å². The van der Waals surface area contributed by atoms with Crippen LogP contribution in [0.25, 0.3) is 0 Å². The predicted octanol–water partition coefficient (Wildman–Crippen LogP) is 3.12. The number of ketones is 1. The van der Waals surface area contributed by atoms with Crippen molar-refractivity contribution < 1.29 is 4.79 Å². The van der Waals surface area contributed by atoms with E-state index in [-0.39, 0.29) is 5.78 Å². The molecule has 0 heterocycles. The molecule has 1 aliphatic carbocycles. The molecule has 0 bridgehead atoms. The maximum absolute atomic E-state index is 12.2. The lowest BCUT2D eigenvalue weighted by Crippen LogP contribution is -2.32. The van der Waals surface area contributed by atoms with Crippen molar-refractivity contribution in [2.24, 2.45) is 11.1 Å². The second-order valence-corrected chi connectivity index (χ2v) is 5.67. The van der Waals surface area contributed by atoms with Gasteiger partial charge in [0, 0.05) is 17.5 Å². The van der Waals surface area contributed by atoms with Gasteiger partial charge in [-0.3, -0.25) is 4.79 Å². The summed E-state index contributed by atoms with van der Waals surface area (Å²) in [5.41, 5.74) is 7.33. The van der Waals surface area contributed by atoms with Crippen LogP contribution in [0.4, 0.5) is 0 Å². The van der Waals surface area contributed by atoms with Crippen LogP contribution in [0.1, 0.15) is 54.9 Å². The quantitative estimate of drug-likeness (QED) is 0.809. The number of rotatable bonds is 4. The molecule has 1 aromatic carbocycles. The normalized spacial score (nSPS) is 16.6. The number of Topliss-reactive ketones (excluding diaryl/α,β-unsaturated/α-hetero) is 1. The summed E-state index contributed by atoms with van der Waals surface area (Å²) in [5.74, 6) is 0.863. The molecular formula is C15H21NO. The SMILES string of the molecule is CC(C)(CN)C(=O)c1ccc(C2CCC2)cc1. The van der Waals surface area contributed by atoms with E-state index in [1.807, 2.05) is 26.0 Å². The maximum Gasteiger partial charge on any atom is 0.169 e. The summed E-state index contributed by atoms with van der Waals surface area (Å²) in [7, 11) is 0. The van der Waals surface area contributed by atoms with E-state index in [1.165, 1.54) is 24.8 Å². The van der Waals surface area contributed by atoms with Gasteiger partial charge in [0.25, 0.3) is 0 Å². The Balaban J connectivity index is 2.14. The summed E-state index contributed by atoms with van der Waals surface area (Å²) in [4.78, 5) is 12.2. The maximum atomic E-state index is 12.2. The van der Waals surface area contributed by atoms with Crippen LogP contribution in [0.15, 0.2) is 24.3 Å². The standard InChI is InChI=1S/C15H21NO/c1-15(2,10-16)14(17)13-8-6-12(7-9-13)11-4-3-5-11/h6-9,11H,3-5,10,16H2,1-2H3. The van der Waals surface area contributed by atoms with Crippen molar-refractivity contribution in [2.75, 3.05) is 6.54 Å². The van der Waals surface area contributed by atoms with Crippen molar-refractivity contribution in [3.63, 3.8) is 0 Å². The molecule has 0 unspecified atom stereocenters. The van der Waals surface area contributed by atoms with Crippen LogP contribution in [-0.4, -0.2) is 12.3 Å². The molecule has 0 radical (unpaired) electrons. The fraction of sp³-hybridized carbons (Fsp3) is 0.533. The van der Waals surface area contributed by atoms with Crippen LogP contribution in [0, 0.1) is 5.41 Å². The minimum atomic E-state index is -0.460. The lowest BCUT2D eigenvalue weighted by molar-refractivity contribution is 0.0847. The number of carbonyl (C=O) groups is 1. The van der Waals surface area contributed by atoms with E-state index in [9.17, 15) is 4.79 Å². The van der Waals surface area contributed by atoms with Gasteiger partial charge >= 0.3 is 0 Å². The Hall–Kier alpha value is -1.15. The predicted molar refractivity (Wildman–Crippen MR) is 70.2 cm³/mol. The molecule has 2 heteroatoms. The molecule has 0 amide bonds. The highest BCUT2D eigenvalue weighted by molar-refractivity contribution is 6.00. The van der Waals surface area contributed by atoms with Crippen molar-refractivity contribution in [1.82, 2.24) is 0 Å². The Kier molecular flexibility index (Phi) is 3.34. The van der Waals surface area contributed by atoms with Gasteiger partial charge in [0.15, 0.2) is 5.78 Å². The monoisotopic (exact) mass is 231 g/mol. The Morgan fingerprint density at radius 1 is 1.29 bits per heavy atom. The van der Waals surface area contributed by atoms with Crippen LogP contribution in [0.2, 0.25) is 0 Å². The number of nitrogens with two attached hydrogens (primary N) is 1. The first-order valence-corrected chi connectivity index (χ1v) is 6.39. The van der Waals surface area contributed by atoms with Gasteiger partial charge in [-0.1, -0.05) is 44.5 Å². The third-order valence-corrected chi connectivity index (χ3v) is 3.87. The second kappa shape index (κ2) is 4.61. The van der Waals surface area contributed by atoms with Crippen molar-refractivity contribution in [2.45, 2.75) is 39.0 Å². The number of carbonyl (C=O) groups excluding carboxylic acids is 1. The molecule has 2 N–H and O–H groups in total. The zero-order valence-corrected chi connectivity index (χ0v) is 10.7. The Bertz CT molecular complexity index is 401. The average molecular weight is 231 g/mol. The largest absolute Gasteiger partial charge is 0.329 e. The fourth-order valence-corrected chi connectivity index (χ4v) is 2.13. The van der Waals surface area contributed by atoms with Gasteiger partial charge < -0.3 is 5.73 Å². The lowest BCUT2D eigenvalue weighted by atomic mass is 9.79. The van der Waals surface area contributed by atoms with Gasteiger partial charge in [0.1, 0.15) is 0 Å². The zero-order valence-electron chi connectivity index (χ0n) is 10.7. The molecule has 0 aromatic heterocycles. The molecule has 2 nitrogen and oxygen atoms in total. The molecule has 1 fully saturated rings. The molecule has 92 valence electrons. The van der Waals surface area contributed by atoms with E-state index in [1.54, 1.807) is 0 Å². The Labute approximate surface area is 103 Å². The van der Waals surface area contributed by atoms with Gasteiger partial charge in [-0.25, -0.2) is 0 Å². The molecule has 2 rings (SSSR count). The van der Waals surface area contributed by atoms with E-state index in [0.29, 0.717) is 6.54 Å². The van der Waals surface area contributed by atoms with Crippen molar-refractivity contribution in [1.29, 1.82) is 0 Å². The zero-order chi connectivity index (χ0) is 12.5. The van der Waals surface area contributed by atoms with Crippen molar-refractivity contribution >= 4 is 5.78 Å². The molecule has 0 spiro atoms. The summed E-state index contributed by atoms with van der Waals surface area (Å²) in [5, 5.41) is 0. The summed E-state index contributed by atoms with van der Waals surface area (Å²) in [6.45, 7) is 4.18. The lowest BCUT2D eigenvalue weighted by Gasteiger charge is -2.26. The minimum absolute atomic E-state index is 0.139. The van der Waals surface area contributed by atoms with Crippen molar-refractivity contribution in [3.05, 3.63) is 35.4 Å². The van der Waals surface area contributed by atoms with Gasteiger partial charge in [-0.15, -0.1) is 0 Å². The summed E-state index contributed by atoms with van der Waals surface area (Å²) in [6.07, 6.45) is 3.93. The molecule has 0 aliphatic heterocycles. The van der Waals surface area contributed by atoms with Crippen LogP contribution in [0.3, 0.4) is 0 Å². The first-order chi connectivity index (χ1) is 8.04. The summed E-state index contributed by atoms with van der Waals surface area (Å²) >= 11 is 0. The number of benzene rings is 1. The van der Waals surface area contributed by atoms with E-state index in [2.05, 4.69) is 12.1 Å². The highest BCUT2D eigenvalue weighted by Gasteiger charge is 2.27. The van der Waals surface area contributed by atoms with Gasteiger partial charge in [0.2, 0.25) is 0 Å². The van der Waals surface area contributed by atoms with Gasteiger partial charge in [0.05, 0.1) is 0 Å². The first kappa shape index (κ1) is 12.3. The summed E-state index contributed by atoms with van der Waals surface area (Å²) in [6, 6.07) is 8.11. The highest BCUT2D eigenvalue weighted by atomic mass is 16.1. The van der Waals surface area contributed by atoms with Crippen LogP contribution in [0.5, 0.6) is 0 Å². The Morgan fingerprint density at radius 3 is 2.29 bits per heavy atom. The van der Waals surface area contributed by atoms with Gasteiger partial charge in [-0.05, 0) is 24.3 Å². The molecule has 1 aromatic rings. The summed E-state index contributed by atoms with van der Waals surface area (Å²) < 4.78 is 0. The second-order valence-electron chi connectivity index (χ2n) is 5.67. The smallest absolute Gasteiger partial charge is 0.169 e. The van der Waals surface area contributed by atoms with Crippen molar-refractivity contribution in [3.8, 4) is 0 Å². The third kappa shape index (κ3) is 2.42. The van der Waals surface area contributed by atoms with Crippen LogP contribution in [-0.2, 0) is 0 Å². The highest BCUT2D eigenvalue weighted by Crippen LogP contribution is 2.36. The third-order valence-electron chi connectivity index (χ3n) is 3.87. The molecular weight excluding hydrogens is 210 g/mol. The molecule has 0 atom stereocenters. The number of hydrogen-bond acceptors (Lipinski definition) is 2. The topological polar surface area (TPSA) is 43.1 Å². The number of hydrogen-bond donors (Lipinski definition) is 1. The van der Waals surface area contributed by atoms with Crippen LogP contribution >= 0.6 is 0 Å². The fourth-order valence-electron chi connectivity index (χ4n) is 2.13. The van der Waals surface area contributed by atoms with E-state index in [4.69, 9.17) is 5.73 Å². The Morgan fingerprint density at radius 2 is 1.88 bits per heavy atom. The molecule has 0 saturated heterocycles. The average Bonchev–Trinajstić information content (AvgIpc) is 2.27. The molecule has 1 aliphatic rings. The first-order valence-electron chi connectivity index (χ1n) is 6.39. The minimum Gasteiger partial charge on any atom is -0.329 e. The molecule has 1 saturated carbocycles. The molecule has 17 heavy (non-hydrogen) atoms.